The predicted octanol–water partition coefficient (Wildman–Crippen LogP) is 6.79. The molecule has 0 fully saturated rings. The molecule has 0 aliphatic carbocycles. The Hall–Kier alpha value is -0.120. The Kier molecular flexibility index (Phi) is 23.8. The summed E-state index contributed by atoms with van der Waals surface area (Å²) in [7, 11) is 3.45. The molecule has 0 spiro atoms. The first-order valence-electron chi connectivity index (χ1n) is 11.2. The Balaban J connectivity index is 0. The van der Waals surface area contributed by atoms with Gasteiger partial charge in [-0.3, -0.25) is 0 Å². The Labute approximate surface area is 159 Å². The van der Waals surface area contributed by atoms with Crippen molar-refractivity contribution in [2.45, 2.75) is 117 Å². The molecule has 0 saturated carbocycles. The summed E-state index contributed by atoms with van der Waals surface area (Å²) in [5.41, 5.74) is 5.39. The number of unbranched alkanes of at least 4 members (excludes halogenated alkanes) is 14. The zero-order chi connectivity index (χ0) is 19.2. The standard InChI is InChI=1S/C12H27NO.C10H23N/c1-4-5-6-7-8-9-10-11-12-13(2,3)14;1-2-3-4-5-6-7-8-9-10-11/h4-12H2,1-3H3;2-11H2,1H3. The van der Waals surface area contributed by atoms with Crippen LogP contribution in [0.25, 0.3) is 0 Å². The molecule has 0 radical (unpaired) electrons. The first-order valence-corrected chi connectivity index (χ1v) is 11.2. The Morgan fingerprint density at radius 3 is 1.20 bits per heavy atom. The third kappa shape index (κ3) is 32.1. The van der Waals surface area contributed by atoms with Crippen LogP contribution in [0.5, 0.6) is 0 Å². The summed E-state index contributed by atoms with van der Waals surface area (Å²) >= 11 is 0. The Morgan fingerprint density at radius 2 is 0.880 bits per heavy atom. The van der Waals surface area contributed by atoms with Crippen LogP contribution in [0.4, 0.5) is 0 Å². The quantitative estimate of drug-likeness (QED) is 0.177. The zero-order valence-electron chi connectivity index (χ0n) is 18.2. The van der Waals surface area contributed by atoms with Crippen LogP contribution in [0.15, 0.2) is 0 Å². The summed E-state index contributed by atoms with van der Waals surface area (Å²) in [6, 6.07) is 0. The number of nitrogens with zero attached hydrogens (tertiary/aromatic N) is 1. The van der Waals surface area contributed by atoms with E-state index in [1.807, 2.05) is 0 Å². The molecule has 3 heteroatoms. The fourth-order valence-corrected chi connectivity index (χ4v) is 2.90. The minimum Gasteiger partial charge on any atom is -0.633 e. The van der Waals surface area contributed by atoms with E-state index in [1.54, 1.807) is 14.1 Å². The number of hydroxylamine groups is 3. The van der Waals surface area contributed by atoms with Crippen LogP contribution in [-0.4, -0.2) is 31.8 Å². The molecule has 0 heterocycles. The maximum atomic E-state index is 11.2. The lowest BCUT2D eigenvalue weighted by Crippen LogP contribution is -2.32. The van der Waals surface area contributed by atoms with Crippen molar-refractivity contribution in [3.8, 4) is 0 Å². The van der Waals surface area contributed by atoms with E-state index in [9.17, 15) is 5.21 Å². The summed E-state index contributed by atoms with van der Waals surface area (Å²) in [6.45, 7) is 6.15. The van der Waals surface area contributed by atoms with Crippen LogP contribution in [0.2, 0.25) is 0 Å². The fourth-order valence-electron chi connectivity index (χ4n) is 2.90. The van der Waals surface area contributed by atoms with Crippen molar-refractivity contribution in [1.82, 2.24) is 0 Å². The summed E-state index contributed by atoms with van der Waals surface area (Å²) in [4.78, 5) is 0. The second-order valence-corrected chi connectivity index (χ2v) is 8.04. The summed E-state index contributed by atoms with van der Waals surface area (Å²) in [5, 5.41) is 11.2. The van der Waals surface area contributed by atoms with Crippen molar-refractivity contribution < 1.29 is 4.65 Å². The van der Waals surface area contributed by atoms with Gasteiger partial charge in [0.15, 0.2) is 0 Å². The van der Waals surface area contributed by atoms with Crippen LogP contribution in [0.1, 0.15) is 117 Å². The molecule has 154 valence electrons. The second-order valence-electron chi connectivity index (χ2n) is 8.04. The number of rotatable bonds is 17. The van der Waals surface area contributed by atoms with Gasteiger partial charge in [-0.2, -0.15) is 0 Å². The number of nitrogens with two attached hydrogens (primary N) is 1. The minimum absolute atomic E-state index is 0.129. The van der Waals surface area contributed by atoms with Gasteiger partial charge in [0, 0.05) is 0 Å². The molecule has 2 N–H and O–H groups in total. The van der Waals surface area contributed by atoms with Crippen molar-refractivity contribution >= 4 is 0 Å². The third-order valence-electron chi connectivity index (χ3n) is 4.61. The summed E-state index contributed by atoms with van der Waals surface area (Å²) in [6.07, 6.45) is 21.4. The van der Waals surface area contributed by atoms with Crippen molar-refractivity contribution in [3.63, 3.8) is 0 Å². The topological polar surface area (TPSA) is 49.1 Å². The molecule has 0 atom stereocenters. The number of hydrogen-bond acceptors (Lipinski definition) is 2. The van der Waals surface area contributed by atoms with Gasteiger partial charge in [0.05, 0.1) is 20.6 Å². The van der Waals surface area contributed by atoms with Crippen molar-refractivity contribution in [3.05, 3.63) is 5.21 Å². The van der Waals surface area contributed by atoms with Gasteiger partial charge in [-0.1, -0.05) is 97.3 Å². The number of quaternary nitrogens is 1. The average Bonchev–Trinajstić information content (AvgIpc) is 2.56. The predicted molar refractivity (Wildman–Crippen MR) is 115 cm³/mol. The van der Waals surface area contributed by atoms with Crippen LogP contribution in [0, 0.1) is 5.21 Å². The molecular formula is C22H50N2O. The zero-order valence-corrected chi connectivity index (χ0v) is 18.2. The van der Waals surface area contributed by atoms with Gasteiger partial charge in [-0.15, -0.1) is 0 Å². The lowest BCUT2D eigenvalue weighted by atomic mass is 10.1. The van der Waals surface area contributed by atoms with E-state index in [0.717, 1.165) is 19.5 Å². The van der Waals surface area contributed by atoms with Gasteiger partial charge in [0.25, 0.3) is 0 Å². The van der Waals surface area contributed by atoms with E-state index < -0.39 is 0 Å². The molecule has 0 unspecified atom stereocenters. The highest BCUT2D eigenvalue weighted by atomic mass is 16.5. The van der Waals surface area contributed by atoms with Crippen molar-refractivity contribution in [2.24, 2.45) is 5.73 Å². The normalized spacial score (nSPS) is 11.3. The van der Waals surface area contributed by atoms with Crippen LogP contribution in [0.3, 0.4) is 0 Å². The van der Waals surface area contributed by atoms with Gasteiger partial charge in [0.2, 0.25) is 0 Å². The highest BCUT2D eigenvalue weighted by molar-refractivity contribution is 4.46. The van der Waals surface area contributed by atoms with Crippen molar-refractivity contribution in [2.75, 3.05) is 27.2 Å². The van der Waals surface area contributed by atoms with E-state index in [4.69, 9.17) is 5.73 Å². The van der Waals surface area contributed by atoms with Gasteiger partial charge in [-0.05, 0) is 25.8 Å². The molecule has 0 aliphatic heterocycles. The van der Waals surface area contributed by atoms with E-state index in [1.165, 1.54) is 96.3 Å². The van der Waals surface area contributed by atoms with Gasteiger partial charge in [0.1, 0.15) is 0 Å². The van der Waals surface area contributed by atoms with Crippen LogP contribution < -0.4 is 5.73 Å². The molecule has 0 amide bonds. The molecular weight excluding hydrogens is 308 g/mol. The number of hydrogen-bond donors (Lipinski definition) is 1. The van der Waals surface area contributed by atoms with Crippen LogP contribution in [-0.2, 0) is 0 Å². The van der Waals surface area contributed by atoms with E-state index in [0.29, 0.717) is 0 Å². The molecule has 0 aliphatic rings. The van der Waals surface area contributed by atoms with E-state index >= 15 is 0 Å². The minimum atomic E-state index is -0.129. The molecule has 3 nitrogen and oxygen atoms in total. The highest BCUT2D eigenvalue weighted by Crippen LogP contribution is 2.09. The maximum absolute atomic E-state index is 11.2. The average molecular weight is 359 g/mol. The molecule has 0 bridgehead atoms. The lowest BCUT2D eigenvalue weighted by molar-refractivity contribution is -0.840. The molecule has 0 aromatic heterocycles. The first kappa shape index (κ1) is 27.1. The van der Waals surface area contributed by atoms with E-state index in [2.05, 4.69) is 13.8 Å². The van der Waals surface area contributed by atoms with Gasteiger partial charge < -0.3 is 15.6 Å². The lowest BCUT2D eigenvalue weighted by Gasteiger charge is -2.33. The van der Waals surface area contributed by atoms with Crippen molar-refractivity contribution in [1.29, 1.82) is 0 Å². The highest BCUT2D eigenvalue weighted by Gasteiger charge is 2.00. The maximum Gasteiger partial charge on any atom is 0.0779 e. The molecule has 0 aromatic rings. The Bertz CT molecular complexity index is 219. The molecule has 0 aromatic carbocycles. The molecule has 25 heavy (non-hydrogen) atoms. The van der Waals surface area contributed by atoms with Crippen LogP contribution >= 0.6 is 0 Å². The largest absolute Gasteiger partial charge is 0.633 e. The third-order valence-corrected chi connectivity index (χ3v) is 4.61. The first-order chi connectivity index (χ1) is 12.0. The summed E-state index contributed by atoms with van der Waals surface area (Å²) < 4.78 is -0.129. The van der Waals surface area contributed by atoms with E-state index in [-0.39, 0.29) is 4.65 Å². The second kappa shape index (κ2) is 21.9. The Morgan fingerprint density at radius 1 is 0.560 bits per heavy atom. The SMILES string of the molecule is CCCCCCCCCCN.CCCCCCCCCC[N+](C)(C)[O-]. The monoisotopic (exact) mass is 358 g/mol. The molecule has 0 saturated heterocycles. The molecule has 0 rings (SSSR count). The van der Waals surface area contributed by atoms with Gasteiger partial charge in [-0.25, -0.2) is 0 Å². The van der Waals surface area contributed by atoms with Gasteiger partial charge >= 0.3 is 0 Å². The smallest absolute Gasteiger partial charge is 0.0779 e. The summed E-state index contributed by atoms with van der Waals surface area (Å²) in [5.74, 6) is 0. The fraction of sp³-hybridized carbons (Fsp3) is 1.00.